The van der Waals surface area contributed by atoms with E-state index in [9.17, 15) is 8.78 Å². The van der Waals surface area contributed by atoms with Crippen LogP contribution in [0, 0.1) is 11.6 Å². The third kappa shape index (κ3) is 2.26. The molecule has 0 unspecified atom stereocenters. The molecule has 0 aliphatic heterocycles. The smallest absolute Gasteiger partial charge is 0.202 e. The first-order chi connectivity index (χ1) is 8.49. The van der Waals surface area contributed by atoms with Crippen molar-refractivity contribution in [3.05, 3.63) is 27.7 Å². The van der Waals surface area contributed by atoms with Gasteiger partial charge in [0.2, 0.25) is 5.82 Å². The maximum Gasteiger partial charge on any atom is 0.202 e. The van der Waals surface area contributed by atoms with E-state index in [2.05, 4.69) is 15.9 Å². The Hall–Kier alpha value is -0.680. The van der Waals surface area contributed by atoms with E-state index in [-0.39, 0.29) is 11.3 Å². The molecule has 0 amide bonds. The second kappa shape index (κ2) is 5.13. The minimum absolute atomic E-state index is 0.115. The lowest BCUT2D eigenvalue weighted by atomic mass is 9.77. The van der Waals surface area contributed by atoms with E-state index in [0.29, 0.717) is 17.3 Å². The van der Waals surface area contributed by atoms with Crippen LogP contribution in [0.3, 0.4) is 0 Å². The van der Waals surface area contributed by atoms with Crippen LogP contribution in [-0.2, 0) is 5.54 Å². The molecule has 1 aliphatic rings. The number of rotatable bonds is 2. The van der Waals surface area contributed by atoms with Gasteiger partial charge in [-0.25, -0.2) is 4.39 Å². The van der Waals surface area contributed by atoms with E-state index >= 15 is 0 Å². The van der Waals surface area contributed by atoms with E-state index in [0.717, 1.165) is 19.3 Å². The Bertz CT molecular complexity index is 459. The molecule has 1 fully saturated rings. The summed E-state index contributed by atoms with van der Waals surface area (Å²) >= 11 is 3.20. The molecule has 5 heteroatoms. The van der Waals surface area contributed by atoms with Gasteiger partial charge in [-0.1, -0.05) is 19.3 Å². The highest BCUT2D eigenvalue weighted by Crippen LogP contribution is 2.41. The number of hydrogen-bond acceptors (Lipinski definition) is 2. The number of hydrogen-bond donors (Lipinski definition) is 1. The molecule has 0 spiro atoms. The molecule has 2 N–H and O–H groups in total. The summed E-state index contributed by atoms with van der Waals surface area (Å²) in [4.78, 5) is 0. The van der Waals surface area contributed by atoms with Crippen molar-refractivity contribution < 1.29 is 13.5 Å². The zero-order valence-electron chi connectivity index (χ0n) is 10.2. The minimum Gasteiger partial charge on any atom is -0.492 e. The van der Waals surface area contributed by atoms with Gasteiger partial charge in [-0.3, -0.25) is 0 Å². The molecule has 0 heterocycles. The molecule has 0 atom stereocenters. The number of halogens is 3. The van der Waals surface area contributed by atoms with Crippen molar-refractivity contribution in [2.75, 3.05) is 7.11 Å². The van der Waals surface area contributed by atoms with Crippen molar-refractivity contribution in [3.63, 3.8) is 0 Å². The molecule has 0 aromatic heterocycles. The highest BCUT2D eigenvalue weighted by Gasteiger charge is 2.34. The highest BCUT2D eigenvalue weighted by atomic mass is 79.9. The van der Waals surface area contributed by atoms with E-state index < -0.39 is 17.2 Å². The van der Waals surface area contributed by atoms with E-state index in [1.165, 1.54) is 7.11 Å². The zero-order valence-corrected chi connectivity index (χ0v) is 11.8. The van der Waals surface area contributed by atoms with Crippen LogP contribution in [-0.4, -0.2) is 7.11 Å². The Morgan fingerprint density at radius 3 is 2.39 bits per heavy atom. The molecule has 0 saturated heterocycles. The first kappa shape index (κ1) is 13.7. The van der Waals surface area contributed by atoms with Crippen molar-refractivity contribution in [1.29, 1.82) is 0 Å². The molecule has 0 radical (unpaired) electrons. The topological polar surface area (TPSA) is 35.2 Å². The Morgan fingerprint density at radius 2 is 1.83 bits per heavy atom. The van der Waals surface area contributed by atoms with Crippen LogP contribution < -0.4 is 10.5 Å². The van der Waals surface area contributed by atoms with Crippen LogP contribution in [0.5, 0.6) is 5.75 Å². The summed E-state index contributed by atoms with van der Waals surface area (Å²) in [5.74, 6) is -1.98. The SMILES string of the molecule is COc1c(Br)cc(C2(N)CCCCC2)c(F)c1F. The van der Waals surface area contributed by atoms with Crippen molar-refractivity contribution in [3.8, 4) is 5.75 Å². The molecule has 100 valence electrons. The summed E-state index contributed by atoms with van der Waals surface area (Å²) in [6.45, 7) is 0. The molecule has 1 aromatic carbocycles. The average Bonchev–Trinajstić information content (AvgIpc) is 2.35. The van der Waals surface area contributed by atoms with Gasteiger partial charge < -0.3 is 10.5 Å². The monoisotopic (exact) mass is 319 g/mol. The second-order valence-corrected chi connectivity index (χ2v) is 5.64. The third-order valence-corrected chi connectivity index (χ3v) is 4.19. The quantitative estimate of drug-likeness (QED) is 0.840. The summed E-state index contributed by atoms with van der Waals surface area (Å²) in [5, 5.41) is 0. The largest absolute Gasteiger partial charge is 0.492 e. The fourth-order valence-corrected chi connectivity index (χ4v) is 3.14. The molecule has 2 nitrogen and oxygen atoms in total. The lowest BCUT2D eigenvalue weighted by Crippen LogP contribution is -2.39. The van der Waals surface area contributed by atoms with Gasteiger partial charge in [0.25, 0.3) is 0 Å². The lowest BCUT2D eigenvalue weighted by Gasteiger charge is -2.34. The summed E-state index contributed by atoms with van der Waals surface area (Å²) in [6, 6.07) is 1.54. The normalized spacial score (nSPS) is 18.7. The minimum atomic E-state index is -0.975. The van der Waals surface area contributed by atoms with Crippen molar-refractivity contribution in [1.82, 2.24) is 0 Å². The first-order valence-electron chi connectivity index (χ1n) is 6.00. The molecule has 1 aromatic rings. The van der Waals surface area contributed by atoms with Gasteiger partial charge in [0.1, 0.15) is 0 Å². The van der Waals surface area contributed by atoms with E-state index in [1.54, 1.807) is 6.07 Å². The molecular weight excluding hydrogens is 304 g/mol. The number of benzene rings is 1. The third-order valence-electron chi connectivity index (χ3n) is 3.60. The fraction of sp³-hybridized carbons (Fsp3) is 0.538. The number of methoxy groups -OCH3 is 1. The van der Waals surface area contributed by atoms with Crippen molar-refractivity contribution >= 4 is 15.9 Å². The Kier molecular flexibility index (Phi) is 3.92. The standard InChI is InChI=1S/C13H16BrF2NO/c1-18-12-9(14)7-8(10(15)11(12)16)13(17)5-3-2-4-6-13/h7H,2-6,17H2,1H3. The van der Waals surface area contributed by atoms with Crippen LogP contribution in [0.4, 0.5) is 8.78 Å². The van der Waals surface area contributed by atoms with Crippen LogP contribution in [0.15, 0.2) is 10.5 Å². The van der Waals surface area contributed by atoms with Crippen LogP contribution in [0.1, 0.15) is 37.7 Å². The van der Waals surface area contributed by atoms with E-state index in [1.807, 2.05) is 0 Å². The van der Waals surface area contributed by atoms with Crippen molar-refractivity contribution in [2.45, 2.75) is 37.6 Å². The summed E-state index contributed by atoms with van der Waals surface area (Å²) < 4.78 is 33.2. The van der Waals surface area contributed by atoms with Gasteiger partial charge in [-0.2, -0.15) is 4.39 Å². The van der Waals surface area contributed by atoms with Gasteiger partial charge in [-0.05, 0) is 34.8 Å². The zero-order chi connectivity index (χ0) is 13.3. The Morgan fingerprint density at radius 1 is 1.22 bits per heavy atom. The van der Waals surface area contributed by atoms with Crippen LogP contribution in [0.2, 0.25) is 0 Å². The predicted molar refractivity (Wildman–Crippen MR) is 69.6 cm³/mol. The molecular formula is C13H16BrF2NO. The lowest BCUT2D eigenvalue weighted by molar-refractivity contribution is 0.285. The fourth-order valence-electron chi connectivity index (χ4n) is 2.58. The maximum absolute atomic E-state index is 14.1. The van der Waals surface area contributed by atoms with Crippen LogP contribution in [0.25, 0.3) is 0 Å². The highest BCUT2D eigenvalue weighted by molar-refractivity contribution is 9.10. The van der Waals surface area contributed by atoms with Crippen LogP contribution >= 0.6 is 15.9 Å². The van der Waals surface area contributed by atoms with Gasteiger partial charge in [-0.15, -0.1) is 0 Å². The second-order valence-electron chi connectivity index (χ2n) is 4.78. The molecule has 0 bridgehead atoms. The molecule has 18 heavy (non-hydrogen) atoms. The summed E-state index contributed by atoms with van der Waals surface area (Å²) in [7, 11) is 1.31. The molecule has 1 aliphatic carbocycles. The van der Waals surface area contributed by atoms with Gasteiger partial charge in [0.05, 0.1) is 11.6 Å². The van der Waals surface area contributed by atoms with Gasteiger partial charge >= 0.3 is 0 Å². The van der Waals surface area contributed by atoms with Gasteiger partial charge in [0.15, 0.2) is 11.6 Å². The molecule has 2 rings (SSSR count). The number of nitrogens with two attached hydrogens (primary N) is 1. The molecule has 1 saturated carbocycles. The predicted octanol–water partition coefficient (Wildman–Crippen LogP) is 3.85. The summed E-state index contributed by atoms with van der Waals surface area (Å²) in [5.41, 5.74) is 5.72. The first-order valence-corrected chi connectivity index (χ1v) is 6.80. The van der Waals surface area contributed by atoms with Crippen molar-refractivity contribution in [2.24, 2.45) is 5.73 Å². The van der Waals surface area contributed by atoms with Gasteiger partial charge in [0, 0.05) is 11.1 Å². The Labute approximate surface area is 114 Å². The summed E-state index contributed by atoms with van der Waals surface area (Å²) in [6.07, 6.45) is 4.35. The number of ether oxygens (including phenoxy) is 1. The Balaban J connectivity index is 2.51. The maximum atomic E-state index is 14.1. The van der Waals surface area contributed by atoms with E-state index in [4.69, 9.17) is 10.5 Å². The average molecular weight is 320 g/mol.